The largest absolute Gasteiger partial charge is 0.205 e. The summed E-state index contributed by atoms with van der Waals surface area (Å²) in [7, 11) is 0. The van der Waals surface area contributed by atoms with Crippen LogP contribution in [-0.2, 0) is 13.0 Å². The Kier molecular flexibility index (Phi) is 16.6. The van der Waals surface area contributed by atoms with E-state index in [1.165, 1.54) is 128 Å². The lowest BCUT2D eigenvalue weighted by atomic mass is 10.0. The van der Waals surface area contributed by atoms with Gasteiger partial charge in [-0.2, -0.15) is 0 Å². The van der Waals surface area contributed by atoms with Crippen LogP contribution in [0.5, 0.6) is 0 Å². The molecule has 0 aliphatic carbocycles. The molecule has 0 saturated heterocycles. The first kappa shape index (κ1) is 24.2. The second kappa shape index (κ2) is 18.5. The van der Waals surface area contributed by atoms with Crippen molar-refractivity contribution in [1.29, 1.82) is 0 Å². The molecule has 1 nitrogen and oxygen atoms in total. The molecule has 0 atom stereocenters. The molecule has 0 aliphatic heterocycles. The average Bonchev–Trinajstić information content (AvgIpc) is 2.70. The van der Waals surface area contributed by atoms with Gasteiger partial charge in [0.25, 0.3) is 0 Å². The molecule has 1 heterocycles. The lowest BCUT2D eigenvalue weighted by molar-refractivity contribution is -0.697. The summed E-state index contributed by atoms with van der Waals surface area (Å²) in [5.74, 6) is 0. The summed E-state index contributed by atoms with van der Waals surface area (Å²) in [4.78, 5) is 0. The number of rotatable bonds is 19. The van der Waals surface area contributed by atoms with Crippen molar-refractivity contribution in [1.82, 2.24) is 0 Å². The molecule has 0 aliphatic rings. The van der Waals surface area contributed by atoms with Crippen molar-refractivity contribution in [2.45, 2.75) is 136 Å². The molecule has 0 N–H and O–H groups in total. The third-order valence-corrected chi connectivity index (χ3v) is 5.80. The van der Waals surface area contributed by atoms with Gasteiger partial charge in [-0.3, -0.25) is 0 Å². The summed E-state index contributed by atoms with van der Waals surface area (Å²) in [5, 5.41) is 0. The molecule has 27 heavy (non-hydrogen) atoms. The number of hydrogen-bond acceptors (Lipinski definition) is 0. The summed E-state index contributed by atoms with van der Waals surface area (Å²) in [6, 6.07) is 4.68. The lowest BCUT2D eigenvalue weighted by Gasteiger charge is -2.03. The highest BCUT2D eigenvalue weighted by Crippen LogP contribution is 2.13. The zero-order valence-electron chi connectivity index (χ0n) is 18.7. The minimum absolute atomic E-state index is 1.18. The van der Waals surface area contributed by atoms with Crippen LogP contribution >= 0.6 is 0 Å². The maximum atomic E-state index is 2.36. The van der Waals surface area contributed by atoms with Crippen LogP contribution in [0.3, 0.4) is 0 Å². The number of hydrogen-bond donors (Lipinski definition) is 0. The van der Waals surface area contributed by atoms with Crippen LogP contribution in [0.15, 0.2) is 24.5 Å². The average molecular weight is 375 g/mol. The first-order valence-electron chi connectivity index (χ1n) is 12.3. The van der Waals surface area contributed by atoms with Crippen LogP contribution in [0.4, 0.5) is 0 Å². The number of nitrogens with zero attached hydrogens (tertiary/aromatic N) is 1. The zero-order chi connectivity index (χ0) is 19.4. The quantitative estimate of drug-likeness (QED) is 0.170. The van der Waals surface area contributed by atoms with Gasteiger partial charge in [0.05, 0.1) is 0 Å². The molecular formula is C26H48N+. The van der Waals surface area contributed by atoms with Gasteiger partial charge >= 0.3 is 0 Å². The Hall–Kier alpha value is -0.850. The Morgan fingerprint density at radius 2 is 0.926 bits per heavy atom. The topological polar surface area (TPSA) is 3.88 Å². The van der Waals surface area contributed by atoms with E-state index in [0.717, 1.165) is 0 Å². The number of pyridine rings is 1. The summed E-state index contributed by atoms with van der Waals surface area (Å²) in [6.45, 7) is 5.76. The molecule has 0 spiro atoms. The van der Waals surface area contributed by atoms with E-state index in [4.69, 9.17) is 0 Å². The predicted molar refractivity (Wildman–Crippen MR) is 120 cm³/mol. The van der Waals surface area contributed by atoms with Gasteiger partial charge in [0.15, 0.2) is 12.4 Å². The van der Waals surface area contributed by atoms with E-state index >= 15 is 0 Å². The van der Waals surface area contributed by atoms with E-state index in [2.05, 4.69) is 42.9 Å². The summed E-state index contributed by atoms with van der Waals surface area (Å²) >= 11 is 0. The van der Waals surface area contributed by atoms with Crippen LogP contribution in [-0.4, -0.2) is 0 Å². The second-order valence-electron chi connectivity index (χ2n) is 8.50. The molecule has 0 aromatic carbocycles. The molecule has 1 aromatic heterocycles. The molecule has 0 saturated carbocycles. The Labute approximate surface area is 171 Å². The van der Waals surface area contributed by atoms with E-state index in [1.54, 1.807) is 0 Å². The van der Waals surface area contributed by atoms with Crippen LogP contribution in [0.25, 0.3) is 0 Å². The van der Waals surface area contributed by atoms with E-state index < -0.39 is 0 Å². The number of unbranched alkanes of at least 4 members (excludes halogenated alkanes) is 15. The van der Waals surface area contributed by atoms with Crippen LogP contribution < -0.4 is 4.57 Å². The molecule has 0 unspecified atom stereocenters. The SMILES string of the molecule is CCCCCCCCCCCCCCc1cc[n+](CCCCCCC)cc1. The van der Waals surface area contributed by atoms with Crippen LogP contribution in [0.1, 0.15) is 129 Å². The van der Waals surface area contributed by atoms with Gasteiger partial charge in [-0.25, -0.2) is 4.57 Å². The molecular weight excluding hydrogens is 326 g/mol. The number of aryl methyl sites for hydroxylation is 2. The predicted octanol–water partition coefficient (Wildman–Crippen LogP) is 8.19. The summed E-state index contributed by atoms with van der Waals surface area (Å²) in [5.41, 5.74) is 1.52. The van der Waals surface area contributed by atoms with Gasteiger partial charge in [-0.15, -0.1) is 0 Å². The monoisotopic (exact) mass is 374 g/mol. The van der Waals surface area contributed by atoms with Crippen molar-refractivity contribution in [3.05, 3.63) is 30.1 Å². The minimum Gasteiger partial charge on any atom is -0.205 e. The Morgan fingerprint density at radius 3 is 1.41 bits per heavy atom. The van der Waals surface area contributed by atoms with Gasteiger partial charge in [-0.1, -0.05) is 104 Å². The summed E-state index contributed by atoms with van der Waals surface area (Å²) < 4.78 is 2.36. The highest BCUT2D eigenvalue weighted by atomic mass is 14.9. The van der Waals surface area contributed by atoms with Crippen molar-refractivity contribution in [2.75, 3.05) is 0 Å². The maximum Gasteiger partial charge on any atom is 0.169 e. The smallest absolute Gasteiger partial charge is 0.169 e. The maximum absolute atomic E-state index is 2.36. The molecule has 0 radical (unpaired) electrons. The fraction of sp³-hybridized carbons (Fsp3) is 0.808. The normalized spacial score (nSPS) is 11.2. The van der Waals surface area contributed by atoms with Gasteiger partial charge in [-0.05, 0) is 24.8 Å². The first-order valence-corrected chi connectivity index (χ1v) is 12.3. The number of aromatic nitrogens is 1. The van der Waals surface area contributed by atoms with Crippen LogP contribution in [0, 0.1) is 0 Å². The zero-order valence-corrected chi connectivity index (χ0v) is 18.7. The fourth-order valence-electron chi connectivity index (χ4n) is 3.87. The van der Waals surface area contributed by atoms with Crippen molar-refractivity contribution in [3.63, 3.8) is 0 Å². The molecule has 1 rings (SSSR count). The van der Waals surface area contributed by atoms with Gasteiger partial charge < -0.3 is 0 Å². The Balaban J connectivity index is 1.92. The van der Waals surface area contributed by atoms with Crippen molar-refractivity contribution in [3.8, 4) is 0 Å². The first-order chi connectivity index (χ1) is 13.4. The standard InChI is InChI=1S/C26H48N/c1-3-5-7-9-10-11-12-13-14-15-16-18-20-26-21-24-27(25-22-26)23-19-17-8-6-4-2/h21-22,24-25H,3-20,23H2,1-2H3/q+1. The molecule has 1 heteroatoms. The molecule has 156 valence electrons. The third-order valence-electron chi connectivity index (χ3n) is 5.80. The molecule has 1 aromatic rings. The van der Waals surface area contributed by atoms with Gasteiger partial charge in [0.2, 0.25) is 0 Å². The Bertz CT molecular complexity index is 409. The second-order valence-corrected chi connectivity index (χ2v) is 8.50. The van der Waals surface area contributed by atoms with E-state index in [1.807, 2.05) is 0 Å². The summed E-state index contributed by atoms with van der Waals surface area (Å²) in [6.07, 6.45) is 29.9. The minimum atomic E-state index is 1.18. The van der Waals surface area contributed by atoms with Gasteiger partial charge in [0, 0.05) is 18.6 Å². The third kappa shape index (κ3) is 14.8. The Morgan fingerprint density at radius 1 is 0.519 bits per heavy atom. The van der Waals surface area contributed by atoms with Crippen molar-refractivity contribution >= 4 is 0 Å². The van der Waals surface area contributed by atoms with Crippen LogP contribution in [0.2, 0.25) is 0 Å². The van der Waals surface area contributed by atoms with E-state index in [0.29, 0.717) is 0 Å². The van der Waals surface area contributed by atoms with Crippen molar-refractivity contribution in [2.24, 2.45) is 0 Å². The fourth-order valence-corrected chi connectivity index (χ4v) is 3.87. The van der Waals surface area contributed by atoms with E-state index in [-0.39, 0.29) is 0 Å². The van der Waals surface area contributed by atoms with Crippen molar-refractivity contribution < 1.29 is 4.57 Å². The lowest BCUT2D eigenvalue weighted by Crippen LogP contribution is -2.32. The van der Waals surface area contributed by atoms with Gasteiger partial charge in [0.1, 0.15) is 6.54 Å². The van der Waals surface area contributed by atoms with E-state index in [9.17, 15) is 0 Å². The molecule has 0 bridgehead atoms. The highest BCUT2D eigenvalue weighted by molar-refractivity contribution is 5.07. The highest BCUT2D eigenvalue weighted by Gasteiger charge is 2.01. The molecule has 0 fully saturated rings. The molecule has 0 amide bonds.